The van der Waals surface area contributed by atoms with Gasteiger partial charge in [0.1, 0.15) is 18.2 Å². The second-order valence-electron chi connectivity index (χ2n) is 20.5. The third-order valence-corrected chi connectivity index (χ3v) is 20.0. The molecule has 5 unspecified atom stereocenters. The minimum absolute atomic E-state index is 0.0562. The summed E-state index contributed by atoms with van der Waals surface area (Å²) in [6, 6.07) is 3.08. The Bertz CT molecular complexity index is 1960. The van der Waals surface area contributed by atoms with Crippen molar-refractivity contribution in [1.82, 2.24) is 19.0 Å². The van der Waals surface area contributed by atoms with Crippen molar-refractivity contribution in [2.24, 2.45) is 56.7 Å². The van der Waals surface area contributed by atoms with Crippen molar-refractivity contribution >= 4 is 27.5 Å². The zero-order chi connectivity index (χ0) is 40.6. The number of nitriles is 1. The molecule has 1 saturated heterocycles. The highest BCUT2D eigenvalue weighted by atomic mass is 32.2. The predicted molar refractivity (Wildman–Crippen MR) is 223 cm³/mol. The lowest BCUT2D eigenvalue weighted by atomic mass is 9.32. The third-order valence-electron chi connectivity index (χ3n) is 18.0. The SMILES string of the molecule is C=C(C)[C@@H]1CC[C@]2(NCCN3CCS(=O)(=O)CC3)CCC3[C@H](CCC4[C@@]3(C)CCC3(C#N)C(C)(C)C(C5=CCC(COc6cnsn6)(C(=O)O)CC5)=CC[C@]43C)C12. The van der Waals surface area contributed by atoms with E-state index in [-0.39, 0.29) is 34.5 Å². The van der Waals surface area contributed by atoms with E-state index in [2.05, 4.69) is 78.4 Å². The first-order valence-electron chi connectivity index (χ1n) is 21.7. The van der Waals surface area contributed by atoms with Gasteiger partial charge in [-0.1, -0.05) is 52.0 Å². The van der Waals surface area contributed by atoms with Gasteiger partial charge in [0, 0.05) is 37.1 Å². The number of carbonyl (C=O) groups is 1. The van der Waals surface area contributed by atoms with E-state index in [1.807, 2.05) is 0 Å². The number of hydrogen-bond donors (Lipinski definition) is 2. The summed E-state index contributed by atoms with van der Waals surface area (Å²) in [6.45, 7) is 19.6. The zero-order valence-corrected chi connectivity index (χ0v) is 36.6. The lowest BCUT2D eigenvalue weighted by Gasteiger charge is -2.71. The molecule has 2 heterocycles. The minimum Gasteiger partial charge on any atom is -0.481 e. The van der Waals surface area contributed by atoms with Crippen molar-refractivity contribution in [2.45, 2.75) is 117 Å². The zero-order valence-electron chi connectivity index (χ0n) is 34.9. The maximum absolute atomic E-state index is 12.7. The molecule has 57 heavy (non-hydrogen) atoms. The van der Waals surface area contributed by atoms with Gasteiger partial charge in [0.15, 0.2) is 9.84 Å². The maximum Gasteiger partial charge on any atom is 0.313 e. The van der Waals surface area contributed by atoms with Gasteiger partial charge in [0.25, 0.3) is 0 Å². The van der Waals surface area contributed by atoms with Crippen molar-refractivity contribution < 1.29 is 23.1 Å². The molecular formula is C45H65N5O5S2. The molecule has 10 atom stereocenters. The third kappa shape index (κ3) is 6.41. The molecule has 0 spiro atoms. The van der Waals surface area contributed by atoms with Crippen LogP contribution in [0.25, 0.3) is 0 Å². The number of ether oxygens (including phenoxy) is 1. The second-order valence-corrected chi connectivity index (χ2v) is 23.3. The Morgan fingerprint density at radius 3 is 2.47 bits per heavy atom. The van der Waals surface area contributed by atoms with E-state index in [1.165, 1.54) is 55.0 Å². The van der Waals surface area contributed by atoms with Gasteiger partial charge < -0.3 is 20.1 Å². The Balaban J connectivity index is 1.03. The van der Waals surface area contributed by atoms with Crippen molar-refractivity contribution in [1.29, 1.82) is 5.26 Å². The van der Waals surface area contributed by atoms with Gasteiger partial charge >= 0.3 is 5.97 Å². The highest BCUT2D eigenvalue weighted by Gasteiger charge is 2.72. The predicted octanol–water partition coefficient (Wildman–Crippen LogP) is 7.87. The maximum atomic E-state index is 12.7. The highest BCUT2D eigenvalue weighted by molar-refractivity contribution is 7.91. The number of aromatic nitrogens is 2. The van der Waals surface area contributed by atoms with Crippen LogP contribution in [0.5, 0.6) is 5.88 Å². The van der Waals surface area contributed by atoms with Gasteiger partial charge in [0.2, 0.25) is 5.88 Å². The highest BCUT2D eigenvalue weighted by Crippen LogP contribution is 2.77. The summed E-state index contributed by atoms with van der Waals surface area (Å²) in [7, 11) is -2.89. The molecule has 1 aromatic rings. The number of hydrogen-bond acceptors (Lipinski definition) is 10. The van der Waals surface area contributed by atoms with E-state index < -0.39 is 32.1 Å². The number of carboxylic acids is 1. The number of allylic oxidation sites excluding steroid dienone is 5. The first-order chi connectivity index (χ1) is 27.0. The molecule has 0 bridgehead atoms. The number of fused-ring (bicyclic) bond motifs is 7. The molecule has 8 rings (SSSR count). The molecule has 12 heteroatoms. The van der Waals surface area contributed by atoms with E-state index in [0.717, 1.165) is 50.5 Å². The molecule has 4 saturated carbocycles. The van der Waals surface area contributed by atoms with Crippen molar-refractivity contribution in [3.05, 3.63) is 41.6 Å². The Hall–Kier alpha value is -2.59. The Morgan fingerprint density at radius 2 is 1.82 bits per heavy atom. The van der Waals surface area contributed by atoms with E-state index in [1.54, 1.807) is 0 Å². The molecule has 2 N–H and O–H groups in total. The molecule has 10 nitrogen and oxygen atoms in total. The fourth-order valence-corrected chi connectivity index (χ4v) is 16.5. The fourth-order valence-electron chi connectivity index (χ4n) is 14.9. The smallest absolute Gasteiger partial charge is 0.313 e. The van der Waals surface area contributed by atoms with Crippen molar-refractivity contribution in [3.63, 3.8) is 0 Å². The van der Waals surface area contributed by atoms with Gasteiger partial charge in [-0.3, -0.25) is 4.79 Å². The standard InChI is InChI=1S/C45H65N5O5S2/c1-30(2)32-11-17-44(47-21-22-50-23-25-57(53,54)26-24-50)18-13-35-33(38(32)44)7-8-36-41(35,5)19-20-45(28-46)40(3,4)34(12-14-42(36,45)6)31-9-15-43(16-10-31,39(51)52)29-55-37-27-48-56-49-37/h9,12,27,32-33,35-36,38,47H,1,7-8,10-11,13-26,29H2,2-6H3,(H,51,52)/t32-,33-,35?,36?,38?,41-,42+,43?,44-,45?/m0/s1. The number of sulfone groups is 1. The van der Waals surface area contributed by atoms with Crippen LogP contribution in [-0.4, -0.2) is 83.0 Å². The topological polar surface area (TPSA) is 146 Å². The summed E-state index contributed by atoms with van der Waals surface area (Å²) >= 11 is 1.05. The molecule has 5 fully saturated rings. The Kier molecular flexibility index (Phi) is 10.5. The lowest BCUT2D eigenvalue weighted by Crippen LogP contribution is -2.67. The minimum atomic E-state index is -2.89. The van der Waals surface area contributed by atoms with Crippen LogP contribution in [0.2, 0.25) is 0 Å². The average molecular weight is 820 g/mol. The Labute approximate surface area is 345 Å². The number of nitrogens with zero attached hydrogens (tertiary/aromatic N) is 4. The van der Waals surface area contributed by atoms with Crippen molar-refractivity contribution in [2.75, 3.05) is 44.3 Å². The second kappa shape index (κ2) is 14.6. The number of carboxylic acid groups (broad SMARTS) is 1. The molecule has 6 aliphatic carbocycles. The van der Waals surface area contributed by atoms with Gasteiger partial charge in [-0.25, -0.2) is 8.42 Å². The van der Waals surface area contributed by atoms with Crippen LogP contribution >= 0.6 is 11.7 Å². The largest absolute Gasteiger partial charge is 0.481 e. The molecule has 7 aliphatic rings. The molecule has 312 valence electrons. The molecule has 0 aromatic carbocycles. The van der Waals surface area contributed by atoms with E-state index >= 15 is 0 Å². The van der Waals surface area contributed by atoms with Gasteiger partial charge in [-0.15, -0.1) is 4.37 Å². The summed E-state index contributed by atoms with van der Waals surface area (Å²) < 4.78 is 38.0. The summed E-state index contributed by atoms with van der Waals surface area (Å²) in [5.74, 6) is 2.81. The summed E-state index contributed by atoms with van der Waals surface area (Å²) in [4.78, 5) is 15.0. The number of nitrogens with one attached hydrogen (secondary N) is 1. The van der Waals surface area contributed by atoms with E-state index in [0.29, 0.717) is 67.8 Å². The lowest BCUT2D eigenvalue weighted by molar-refractivity contribution is -0.200. The van der Waals surface area contributed by atoms with Gasteiger partial charge in [-0.2, -0.15) is 9.64 Å². The van der Waals surface area contributed by atoms with Gasteiger partial charge in [0.05, 0.1) is 34.7 Å². The molecular weight excluding hydrogens is 755 g/mol. The molecule has 0 radical (unpaired) electrons. The van der Waals surface area contributed by atoms with Crippen LogP contribution in [-0.2, 0) is 14.6 Å². The first kappa shape index (κ1) is 41.2. The van der Waals surface area contributed by atoms with E-state index in [4.69, 9.17) is 4.74 Å². The van der Waals surface area contributed by atoms with Gasteiger partial charge in [-0.05, 0) is 136 Å². The summed E-state index contributed by atoms with van der Waals surface area (Å²) in [5.41, 5.74) is 1.89. The van der Waals surface area contributed by atoms with Crippen LogP contribution < -0.4 is 10.1 Å². The summed E-state index contributed by atoms with van der Waals surface area (Å²) in [5, 5.41) is 26.1. The number of aliphatic carboxylic acids is 1. The van der Waals surface area contributed by atoms with Crippen LogP contribution in [0.1, 0.15) is 112 Å². The molecule has 0 amide bonds. The summed E-state index contributed by atoms with van der Waals surface area (Å²) in [6.07, 6.45) is 17.6. The quantitative estimate of drug-likeness (QED) is 0.224. The van der Waals surface area contributed by atoms with Crippen LogP contribution in [0, 0.1) is 68.0 Å². The molecule has 1 aliphatic heterocycles. The average Bonchev–Trinajstić information content (AvgIpc) is 3.84. The normalized spacial score (nSPS) is 42.2. The fraction of sp³-hybridized carbons (Fsp3) is 0.778. The van der Waals surface area contributed by atoms with E-state index in [9.17, 15) is 23.6 Å². The van der Waals surface area contributed by atoms with Crippen LogP contribution in [0.15, 0.2) is 41.6 Å². The monoisotopic (exact) mass is 819 g/mol. The van der Waals surface area contributed by atoms with Crippen LogP contribution in [0.4, 0.5) is 0 Å². The van der Waals surface area contributed by atoms with Crippen LogP contribution in [0.3, 0.4) is 0 Å². The molecule has 1 aromatic heterocycles. The number of rotatable bonds is 10. The Morgan fingerprint density at radius 1 is 1.07 bits per heavy atom. The van der Waals surface area contributed by atoms with Crippen molar-refractivity contribution in [3.8, 4) is 11.9 Å². The first-order valence-corrected chi connectivity index (χ1v) is 24.3.